The molecular weight excluding hydrogens is 457 g/mol. The van der Waals surface area contributed by atoms with Gasteiger partial charge in [-0.1, -0.05) is 41.9 Å². The van der Waals surface area contributed by atoms with E-state index < -0.39 is 23.3 Å². The summed E-state index contributed by atoms with van der Waals surface area (Å²) in [5.41, 5.74) is -0.551. The molecule has 3 aromatic rings. The molecule has 0 bridgehead atoms. The molecule has 1 unspecified atom stereocenters. The van der Waals surface area contributed by atoms with Crippen molar-refractivity contribution in [1.29, 1.82) is 0 Å². The minimum Gasteiger partial charge on any atom is -0.379 e. The van der Waals surface area contributed by atoms with Gasteiger partial charge in [-0.3, -0.25) is 9.69 Å². The molecule has 174 valence electrons. The molecule has 2 aromatic carbocycles. The topological polar surface area (TPSA) is 59.4 Å². The van der Waals surface area contributed by atoms with Gasteiger partial charge in [-0.25, -0.2) is 4.68 Å². The number of benzene rings is 2. The Morgan fingerprint density at radius 2 is 1.76 bits per heavy atom. The number of halogens is 4. The SMILES string of the molecule is O=C(NCC(c1ccccc1)N1CCOCC1)c1cnn(-c2ccc(Cl)cc2)c1C(F)(F)F. The lowest BCUT2D eigenvalue weighted by Crippen LogP contribution is -2.44. The van der Waals surface area contributed by atoms with Crippen molar-refractivity contribution in [3.63, 3.8) is 0 Å². The fraction of sp³-hybridized carbons (Fsp3) is 0.304. The Bertz CT molecular complexity index is 1080. The molecular formula is C23H22ClF3N4O2. The third kappa shape index (κ3) is 5.38. The quantitative estimate of drug-likeness (QED) is 0.572. The molecule has 0 spiro atoms. The Labute approximate surface area is 193 Å². The number of rotatable bonds is 6. The minimum atomic E-state index is -4.79. The number of carbonyl (C=O) groups excluding carboxylic acids is 1. The van der Waals surface area contributed by atoms with Crippen LogP contribution < -0.4 is 5.32 Å². The monoisotopic (exact) mass is 478 g/mol. The van der Waals surface area contributed by atoms with E-state index in [-0.39, 0.29) is 18.3 Å². The average Bonchev–Trinajstić information content (AvgIpc) is 3.27. The van der Waals surface area contributed by atoms with Crippen molar-refractivity contribution in [3.05, 3.63) is 82.6 Å². The Kier molecular flexibility index (Phi) is 7.02. The van der Waals surface area contributed by atoms with Gasteiger partial charge < -0.3 is 10.1 Å². The fourth-order valence-corrected chi connectivity index (χ4v) is 4.00. The summed E-state index contributed by atoms with van der Waals surface area (Å²) in [6.45, 7) is 2.59. The van der Waals surface area contributed by atoms with Gasteiger partial charge in [0.2, 0.25) is 0 Å². The summed E-state index contributed by atoms with van der Waals surface area (Å²) in [4.78, 5) is 15.1. The fourth-order valence-electron chi connectivity index (χ4n) is 3.87. The van der Waals surface area contributed by atoms with E-state index in [1.54, 1.807) is 0 Å². The average molecular weight is 479 g/mol. The van der Waals surface area contributed by atoms with Crippen molar-refractivity contribution < 1.29 is 22.7 Å². The Balaban J connectivity index is 1.59. The molecule has 0 saturated carbocycles. The lowest BCUT2D eigenvalue weighted by atomic mass is 10.0. The molecule has 0 aliphatic carbocycles. The molecule has 1 aliphatic rings. The molecule has 1 fully saturated rings. The predicted molar refractivity (Wildman–Crippen MR) is 117 cm³/mol. The van der Waals surface area contributed by atoms with Gasteiger partial charge in [0.15, 0.2) is 5.69 Å². The number of alkyl halides is 3. The lowest BCUT2D eigenvalue weighted by molar-refractivity contribution is -0.143. The van der Waals surface area contributed by atoms with Crippen LogP contribution in [0.5, 0.6) is 0 Å². The van der Waals surface area contributed by atoms with Crippen molar-refractivity contribution in [1.82, 2.24) is 20.0 Å². The predicted octanol–water partition coefficient (Wildman–Crippen LogP) is 4.35. The van der Waals surface area contributed by atoms with E-state index in [1.165, 1.54) is 24.3 Å². The third-order valence-corrected chi connectivity index (χ3v) is 5.73. The number of amides is 1. The summed E-state index contributed by atoms with van der Waals surface area (Å²) < 4.78 is 47.9. The van der Waals surface area contributed by atoms with Crippen LogP contribution in [-0.2, 0) is 10.9 Å². The lowest BCUT2D eigenvalue weighted by Gasteiger charge is -2.35. The van der Waals surface area contributed by atoms with Crippen molar-refractivity contribution in [2.45, 2.75) is 12.2 Å². The third-order valence-electron chi connectivity index (χ3n) is 5.48. The van der Waals surface area contributed by atoms with Gasteiger partial charge in [0, 0.05) is 24.7 Å². The minimum absolute atomic E-state index is 0.145. The highest BCUT2D eigenvalue weighted by atomic mass is 35.5. The first-order valence-electron chi connectivity index (χ1n) is 10.4. The Hall–Kier alpha value is -2.88. The summed E-state index contributed by atoms with van der Waals surface area (Å²) in [6, 6.07) is 15.1. The van der Waals surface area contributed by atoms with E-state index in [4.69, 9.17) is 16.3 Å². The normalized spacial score (nSPS) is 15.9. The van der Waals surface area contributed by atoms with Crippen molar-refractivity contribution in [2.24, 2.45) is 0 Å². The molecule has 1 N–H and O–H groups in total. The zero-order valence-corrected chi connectivity index (χ0v) is 18.3. The highest BCUT2D eigenvalue weighted by Crippen LogP contribution is 2.34. The summed E-state index contributed by atoms with van der Waals surface area (Å²) in [5, 5.41) is 6.91. The largest absolute Gasteiger partial charge is 0.434 e. The maximum absolute atomic E-state index is 13.9. The molecule has 1 aliphatic heterocycles. The molecule has 1 saturated heterocycles. The molecule has 6 nitrogen and oxygen atoms in total. The van der Waals surface area contributed by atoms with Crippen LogP contribution in [0.3, 0.4) is 0 Å². The molecule has 2 heterocycles. The second-order valence-corrected chi connectivity index (χ2v) is 8.01. The van der Waals surface area contributed by atoms with Crippen molar-refractivity contribution in [3.8, 4) is 5.69 Å². The van der Waals surface area contributed by atoms with E-state index >= 15 is 0 Å². The van der Waals surface area contributed by atoms with Gasteiger partial charge in [0.1, 0.15) is 0 Å². The van der Waals surface area contributed by atoms with Gasteiger partial charge in [-0.05, 0) is 29.8 Å². The Morgan fingerprint density at radius 3 is 2.39 bits per heavy atom. The Morgan fingerprint density at radius 1 is 1.09 bits per heavy atom. The van der Waals surface area contributed by atoms with Crippen LogP contribution in [0.2, 0.25) is 5.02 Å². The maximum Gasteiger partial charge on any atom is 0.434 e. The molecule has 1 aromatic heterocycles. The van der Waals surface area contributed by atoms with Gasteiger partial charge in [-0.15, -0.1) is 0 Å². The number of ether oxygens (including phenoxy) is 1. The van der Waals surface area contributed by atoms with Crippen LogP contribution in [0.25, 0.3) is 5.69 Å². The van der Waals surface area contributed by atoms with Crippen LogP contribution in [0.1, 0.15) is 27.7 Å². The number of hydrogen-bond donors (Lipinski definition) is 1. The van der Waals surface area contributed by atoms with E-state index in [9.17, 15) is 18.0 Å². The number of carbonyl (C=O) groups is 1. The first-order valence-corrected chi connectivity index (χ1v) is 10.8. The van der Waals surface area contributed by atoms with Crippen LogP contribution in [0.4, 0.5) is 13.2 Å². The molecule has 33 heavy (non-hydrogen) atoms. The van der Waals surface area contributed by atoms with Crippen LogP contribution in [-0.4, -0.2) is 53.4 Å². The van der Waals surface area contributed by atoms with Gasteiger partial charge >= 0.3 is 6.18 Å². The van der Waals surface area contributed by atoms with Crippen molar-refractivity contribution in [2.75, 3.05) is 32.8 Å². The number of morpholine rings is 1. The molecule has 4 rings (SSSR count). The number of hydrogen-bond acceptors (Lipinski definition) is 4. The van der Waals surface area contributed by atoms with E-state index in [2.05, 4.69) is 15.3 Å². The molecule has 0 radical (unpaired) electrons. The van der Waals surface area contributed by atoms with E-state index in [0.717, 1.165) is 11.8 Å². The zero-order valence-electron chi connectivity index (χ0n) is 17.6. The van der Waals surface area contributed by atoms with Crippen molar-refractivity contribution >= 4 is 17.5 Å². The summed E-state index contributed by atoms with van der Waals surface area (Å²) >= 11 is 5.84. The summed E-state index contributed by atoms with van der Waals surface area (Å²) in [5.74, 6) is -0.836. The van der Waals surface area contributed by atoms with Crippen LogP contribution in [0.15, 0.2) is 60.8 Å². The number of aromatic nitrogens is 2. The second-order valence-electron chi connectivity index (χ2n) is 7.58. The smallest absolute Gasteiger partial charge is 0.379 e. The van der Waals surface area contributed by atoms with E-state index in [0.29, 0.717) is 36.0 Å². The van der Waals surface area contributed by atoms with Gasteiger partial charge in [0.05, 0.1) is 36.7 Å². The molecule has 1 amide bonds. The highest BCUT2D eigenvalue weighted by Gasteiger charge is 2.40. The molecule has 1 atom stereocenters. The maximum atomic E-state index is 13.9. The summed E-state index contributed by atoms with van der Waals surface area (Å²) in [6.07, 6.45) is -3.84. The number of nitrogens with one attached hydrogen (secondary N) is 1. The second kappa shape index (κ2) is 9.94. The highest BCUT2D eigenvalue weighted by molar-refractivity contribution is 6.30. The number of nitrogens with zero attached hydrogens (tertiary/aromatic N) is 3. The first kappa shape index (κ1) is 23.3. The van der Waals surface area contributed by atoms with Crippen LogP contribution >= 0.6 is 11.6 Å². The van der Waals surface area contributed by atoms with E-state index in [1.807, 2.05) is 30.3 Å². The molecule has 10 heteroatoms. The zero-order chi connectivity index (χ0) is 23.4. The van der Waals surface area contributed by atoms with Gasteiger partial charge in [0.25, 0.3) is 5.91 Å². The first-order chi connectivity index (χ1) is 15.8. The summed E-state index contributed by atoms with van der Waals surface area (Å²) in [7, 11) is 0. The van der Waals surface area contributed by atoms with Crippen LogP contribution in [0, 0.1) is 0 Å². The standard InChI is InChI=1S/C23H22ClF3N4O2/c24-17-6-8-18(9-7-17)31-21(23(25,26)27)19(14-29-31)22(32)28-15-20(16-4-2-1-3-5-16)30-10-12-33-13-11-30/h1-9,14,20H,10-13,15H2,(H,28,32). The van der Waals surface area contributed by atoms with Gasteiger partial charge in [-0.2, -0.15) is 18.3 Å².